The largest absolute Gasteiger partial charge is 0.374 e. The molecule has 0 bridgehead atoms. The van der Waals surface area contributed by atoms with Gasteiger partial charge in [-0.25, -0.2) is 8.78 Å². The number of carbonyl (C=O) groups excluding carboxylic acids is 1. The van der Waals surface area contributed by atoms with Gasteiger partial charge in [-0.2, -0.15) is 0 Å². The molecule has 1 aliphatic heterocycles. The van der Waals surface area contributed by atoms with Crippen molar-refractivity contribution in [2.75, 3.05) is 25.0 Å². The highest BCUT2D eigenvalue weighted by Gasteiger charge is 2.16. The van der Waals surface area contributed by atoms with Gasteiger partial charge in [0, 0.05) is 19.2 Å². The lowest BCUT2D eigenvalue weighted by Gasteiger charge is -2.27. The second kappa shape index (κ2) is 5.99. The summed E-state index contributed by atoms with van der Waals surface area (Å²) in [4.78, 5) is 13.6. The molecule has 1 N–H and O–H groups in total. The van der Waals surface area contributed by atoms with Crippen LogP contribution in [0.15, 0.2) is 12.1 Å². The van der Waals surface area contributed by atoms with Crippen molar-refractivity contribution in [3.05, 3.63) is 29.3 Å². The van der Waals surface area contributed by atoms with Crippen molar-refractivity contribution in [3.63, 3.8) is 0 Å². The van der Waals surface area contributed by atoms with Crippen molar-refractivity contribution in [1.29, 1.82) is 0 Å². The molecule has 0 unspecified atom stereocenters. The molecule has 19 heavy (non-hydrogen) atoms. The Bertz CT molecular complexity index is 471. The van der Waals surface area contributed by atoms with Gasteiger partial charge in [0.15, 0.2) is 0 Å². The summed E-state index contributed by atoms with van der Waals surface area (Å²) in [7, 11) is 0. The average Bonchev–Trinajstić information content (AvgIpc) is 2.42. The van der Waals surface area contributed by atoms with E-state index in [1.807, 2.05) is 0 Å². The average molecular weight is 268 g/mol. The standard InChI is InChI=1S/C14H18F2N2O/c1-10-7-12(16)13(8-11(10)15)17-9-14(19)18-5-3-2-4-6-18/h7-8,17H,2-6,9H2,1H3. The second-order valence-corrected chi connectivity index (χ2v) is 4.88. The molecule has 104 valence electrons. The predicted octanol–water partition coefficient (Wildman–Crippen LogP) is 2.70. The zero-order valence-electron chi connectivity index (χ0n) is 11.0. The minimum absolute atomic E-state index is 0.000574. The molecule has 1 fully saturated rings. The molecule has 0 radical (unpaired) electrons. The Morgan fingerprint density at radius 2 is 1.89 bits per heavy atom. The Labute approximate surface area is 111 Å². The fourth-order valence-corrected chi connectivity index (χ4v) is 2.21. The third-order valence-corrected chi connectivity index (χ3v) is 3.39. The van der Waals surface area contributed by atoms with Gasteiger partial charge in [0.1, 0.15) is 11.6 Å². The monoisotopic (exact) mass is 268 g/mol. The van der Waals surface area contributed by atoms with Crippen LogP contribution in [0.2, 0.25) is 0 Å². The summed E-state index contributed by atoms with van der Waals surface area (Å²) in [6.45, 7) is 3.01. The molecule has 5 heteroatoms. The van der Waals surface area contributed by atoms with Gasteiger partial charge < -0.3 is 10.2 Å². The number of anilines is 1. The molecule has 1 aromatic rings. The number of aryl methyl sites for hydroxylation is 1. The highest BCUT2D eigenvalue weighted by Crippen LogP contribution is 2.18. The summed E-state index contributed by atoms with van der Waals surface area (Å²) >= 11 is 0. The van der Waals surface area contributed by atoms with Crippen molar-refractivity contribution >= 4 is 11.6 Å². The summed E-state index contributed by atoms with van der Waals surface area (Å²) in [5, 5.41) is 2.67. The first-order valence-electron chi connectivity index (χ1n) is 6.55. The fourth-order valence-electron chi connectivity index (χ4n) is 2.21. The van der Waals surface area contributed by atoms with Crippen molar-refractivity contribution in [3.8, 4) is 0 Å². The van der Waals surface area contributed by atoms with Gasteiger partial charge in [0.25, 0.3) is 0 Å². The molecule has 3 nitrogen and oxygen atoms in total. The highest BCUT2D eigenvalue weighted by atomic mass is 19.1. The lowest BCUT2D eigenvalue weighted by atomic mass is 10.1. The molecule has 0 spiro atoms. The number of piperidine rings is 1. The maximum atomic E-state index is 13.6. The molecule has 0 aromatic heterocycles. The lowest BCUT2D eigenvalue weighted by molar-refractivity contribution is -0.130. The SMILES string of the molecule is Cc1cc(F)c(NCC(=O)N2CCCCC2)cc1F. The zero-order valence-corrected chi connectivity index (χ0v) is 11.0. The number of benzene rings is 1. The molecule has 0 aliphatic carbocycles. The Balaban J connectivity index is 1.94. The van der Waals surface area contributed by atoms with E-state index in [2.05, 4.69) is 5.32 Å². The van der Waals surface area contributed by atoms with Crippen LogP contribution in [-0.2, 0) is 4.79 Å². The van der Waals surface area contributed by atoms with Crippen LogP contribution < -0.4 is 5.32 Å². The molecule has 1 saturated heterocycles. The first-order valence-corrected chi connectivity index (χ1v) is 6.55. The van der Waals surface area contributed by atoms with Gasteiger partial charge in [-0.15, -0.1) is 0 Å². The summed E-state index contributed by atoms with van der Waals surface area (Å²) in [6, 6.07) is 2.22. The van der Waals surface area contributed by atoms with Crippen LogP contribution in [-0.4, -0.2) is 30.4 Å². The van der Waals surface area contributed by atoms with Gasteiger partial charge in [-0.05, 0) is 37.8 Å². The molecule has 1 heterocycles. The summed E-state index contributed by atoms with van der Waals surface area (Å²) < 4.78 is 26.9. The topological polar surface area (TPSA) is 32.3 Å². The quantitative estimate of drug-likeness (QED) is 0.914. The van der Waals surface area contributed by atoms with Crippen LogP contribution in [0.25, 0.3) is 0 Å². The molecular formula is C14H18F2N2O. The zero-order chi connectivity index (χ0) is 13.8. The van der Waals surface area contributed by atoms with Crippen LogP contribution in [0.5, 0.6) is 0 Å². The second-order valence-electron chi connectivity index (χ2n) is 4.88. The van der Waals surface area contributed by atoms with Crippen molar-refractivity contribution < 1.29 is 13.6 Å². The Morgan fingerprint density at radius 1 is 1.21 bits per heavy atom. The number of halogens is 2. The Morgan fingerprint density at radius 3 is 2.58 bits per heavy atom. The Hall–Kier alpha value is -1.65. The molecule has 1 amide bonds. The number of hydrogen-bond donors (Lipinski definition) is 1. The van der Waals surface area contributed by atoms with Gasteiger partial charge in [-0.1, -0.05) is 0 Å². The maximum Gasteiger partial charge on any atom is 0.241 e. The number of carbonyl (C=O) groups is 1. The number of rotatable bonds is 3. The van der Waals surface area contributed by atoms with Gasteiger partial charge >= 0.3 is 0 Å². The molecule has 1 aliphatic rings. The van der Waals surface area contributed by atoms with Crippen LogP contribution in [0.4, 0.5) is 14.5 Å². The number of nitrogens with zero attached hydrogens (tertiary/aromatic N) is 1. The minimum atomic E-state index is -0.537. The van der Waals surface area contributed by atoms with E-state index in [9.17, 15) is 13.6 Å². The highest BCUT2D eigenvalue weighted by molar-refractivity contribution is 5.81. The molecule has 2 rings (SSSR count). The van der Waals surface area contributed by atoms with Crippen molar-refractivity contribution in [2.45, 2.75) is 26.2 Å². The van der Waals surface area contributed by atoms with Crippen LogP contribution in [0.3, 0.4) is 0 Å². The van der Waals surface area contributed by atoms with E-state index in [1.165, 1.54) is 6.92 Å². The number of hydrogen-bond acceptors (Lipinski definition) is 2. The summed E-state index contributed by atoms with van der Waals surface area (Å²) in [6.07, 6.45) is 3.17. The van der Waals surface area contributed by atoms with E-state index in [0.29, 0.717) is 0 Å². The summed E-state index contributed by atoms with van der Waals surface area (Å²) in [5.74, 6) is -1.08. The van der Waals surface area contributed by atoms with E-state index in [4.69, 9.17) is 0 Å². The van der Waals surface area contributed by atoms with E-state index < -0.39 is 11.6 Å². The lowest BCUT2D eigenvalue weighted by Crippen LogP contribution is -2.39. The summed E-state index contributed by atoms with van der Waals surface area (Å²) in [5.41, 5.74) is 0.291. The van der Waals surface area contributed by atoms with Crippen molar-refractivity contribution in [1.82, 2.24) is 4.90 Å². The number of likely N-dealkylation sites (tertiary alicyclic amines) is 1. The molecular weight excluding hydrogens is 250 g/mol. The molecule has 0 saturated carbocycles. The minimum Gasteiger partial charge on any atom is -0.374 e. The smallest absolute Gasteiger partial charge is 0.241 e. The van der Waals surface area contributed by atoms with E-state index in [-0.39, 0.29) is 23.7 Å². The van der Waals surface area contributed by atoms with Crippen LogP contribution >= 0.6 is 0 Å². The normalized spacial score (nSPS) is 15.4. The van der Waals surface area contributed by atoms with Gasteiger partial charge in [0.05, 0.1) is 12.2 Å². The number of amides is 1. The number of nitrogens with one attached hydrogen (secondary N) is 1. The predicted molar refractivity (Wildman–Crippen MR) is 70.0 cm³/mol. The third kappa shape index (κ3) is 3.43. The first kappa shape index (κ1) is 13.8. The third-order valence-electron chi connectivity index (χ3n) is 3.39. The maximum absolute atomic E-state index is 13.6. The van der Waals surface area contributed by atoms with Gasteiger partial charge in [0.2, 0.25) is 5.91 Å². The molecule has 0 atom stereocenters. The first-order chi connectivity index (χ1) is 9.08. The fraction of sp³-hybridized carbons (Fsp3) is 0.500. The van der Waals surface area contributed by atoms with Crippen LogP contribution in [0.1, 0.15) is 24.8 Å². The van der Waals surface area contributed by atoms with E-state index in [1.54, 1.807) is 4.90 Å². The van der Waals surface area contributed by atoms with Gasteiger partial charge in [-0.3, -0.25) is 4.79 Å². The Kier molecular flexibility index (Phi) is 4.35. The van der Waals surface area contributed by atoms with E-state index >= 15 is 0 Å². The van der Waals surface area contributed by atoms with E-state index in [0.717, 1.165) is 44.5 Å². The molecule has 1 aromatic carbocycles. The van der Waals surface area contributed by atoms with Crippen LogP contribution in [0, 0.1) is 18.6 Å². The van der Waals surface area contributed by atoms with Crippen molar-refractivity contribution in [2.24, 2.45) is 0 Å².